The number of carbonyl (C=O) groups is 1. The number of benzene rings is 2. The first-order valence-electron chi connectivity index (χ1n) is 10.8. The summed E-state index contributed by atoms with van der Waals surface area (Å²) in [6, 6.07) is 14.3. The van der Waals surface area contributed by atoms with Crippen molar-refractivity contribution in [2.45, 2.75) is 24.3 Å². The predicted molar refractivity (Wildman–Crippen MR) is 132 cm³/mol. The molecule has 1 aliphatic rings. The number of rotatable bonds is 11. The van der Waals surface area contributed by atoms with Crippen LogP contribution in [0.3, 0.4) is 0 Å². The molecule has 178 valence electrons. The van der Waals surface area contributed by atoms with E-state index < -0.39 is 10.0 Å². The van der Waals surface area contributed by atoms with Crippen LogP contribution in [0.2, 0.25) is 0 Å². The SMILES string of the molecule is C=CCNS(=O)(=O)c1ccc(CCN(Cc2cccc3c2OCO3)C(=O)Cc2ccsc2)cc1. The molecule has 2 aromatic carbocycles. The third-order valence-corrected chi connectivity index (χ3v) is 7.62. The maximum atomic E-state index is 13.2. The minimum absolute atomic E-state index is 0.0164. The number of thiophene rings is 1. The molecule has 0 aliphatic carbocycles. The Hall–Kier alpha value is -3.14. The van der Waals surface area contributed by atoms with E-state index in [2.05, 4.69) is 11.3 Å². The molecule has 1 amide bonds. The summed E-state index contributed by atoms with van der Waals surface area (Å²) in [6.45, 7) is 4.74. The van der Waals surface area contributed by atoms with Crippen molar-refractivity contribution in [3.63, 3.8) is 0 Å². The van der Waals surface area contributed by atoms with Crippen LogP contribution < -0.4 is 14.2 Å². The quantitative estimate of drug-likeness (QED) is 0.407. The molecule has 4 rings (SSSR count). The first-order chi connectivity index (χ1) is 16.5. The van der Waals surface area contributed by atoms with Gasteiger partial charge in [-0.05, 0) is 52.6 Å². The van der Waals surface area contributed by atoms with Crippen molar-refractivity contribution < 1.29 is 22.7 Å². The Morgan fingerprint density at radius 1 is 1.12 bits per heavy atom. The van der Waals surface area contributed by atoms with Crippen molar-refractivity contribution in [2.75, 3.05) is 19.9 Å². The minimum atomic E-state index is -3.57. The van der Waals surface area contributed by atoms with Crippen LogP contribution in [0.15, 0.2) is 76.8 Å². The number of hydrogen-bond acceptors (Lipinski definition) is 6. The molecule has 0 radical (unpaired) electrons. The van der Waals surface area contributed by atoms with Crippen molar-refractivity contribution in [2.24, 2.45) is 0 Å². The van der Waals surface area contributed by atoms with Gasteiger partial charge < -0.3 is 14.4 Å². The summed E-state index contributed by atoms with van der Waals surface area (Å²) in [5.41, 5.74) is 2.82. The van der Waals surface area contributed by atoms with Crippen LogP contribution in [-0.4, -0.2) is 39.1 Å². The average Bonchev–Trinajstić information content (AvgIpc) is 3.53. The van der Waals surface area contributed by atoms with E-state index in [1.54, 1.807) is 35.6 Å². The summed E-state index contributed by atoms with van der Waals surface area (Å²) < 4.78 is 38.1. The van der Waals surface area contributed by atoms with Crippen molar-refractivity contribution in [1.29, 1.82) is 0 Å². The molecule has 0 atom stereocenters. The van der Waals surface area contributed by atoms with Gasteiger partial charge in [0, 0.05) is 25.2 Å². The number of ether oxygens (including phenoxy) is 2. The van der Waals surface area contributed by atoms with E-state index in [-0.39, 0.29) is 24.1 Å². The standard InChI is InChI=1S/C25H26N2O5S2/c1-2-12-26-34(29,30)22-8-6-19(7-9-22)10-13-27(24(28)15-20-11-14-33-17-20)16-21-4-3-5-23-25(21)32-18-31-23/h2-9,11,14,17,26H,1,10,12-13,15-16,18H2. The highest BCUT2D eigenvalue weighted by atomic mass is 32.2. The van der Waals surface area contributed by atoms with Gasteiger partial charge in [-0.1, -0.05) is 30.3 Å². The number of para-hydroxylation sites is 1. The maximum Gasteiger partial charge on any atom is 0.240 e. The second kappa shape index (κ2) is 10.9. The second-order valence-electron chi connectivity index (χ2n) is 7.81. The van der Waals surface area contributed by atoms with E-state index in [9.17, 15) is 13.2 Å². The highest BCUT2D eigenvalue weighted by molar-refractivity contribution is 7.89. The number of amides is 1. The van der Waals surface area contributed by atoms with Gasteiger partial charge in [-0.3, -0.25) is 4.79 Å². The Kier molecular flexibility index (Phi) is 7.66. The molecule has 3 aromatic rings. The van der Waals surface area contributed by atoms with Crippen molar-refractivity contribution in [3.8, 4) is 11.5 Å². The molecule has 7 nitrogen and oxygen atoms in total. The topological polar surface area (TPSA) is 84.9 Å². The fourth-order valence-corrected chi connectivity index (χ4v) is 5.31. The second-order valence-corrected chi connectivity index (χ2v) is 10.4. The van der Waals surface area contributed by atoms with Crippen LogP contribution in [0.5, 0.6) is 11.5 Å². The van der Waals surface area contributed by atoms with Gasteiger partial charge in [-0.25, -0.2) is 13.1 Å². The molecule has 0 fully saturated rings. The highest BCUT2D eigenvalue weighted by Crippen LogP contribution is 2.36. The third kappa shape index (κ3) is 5.85. The van der Waals surface area contributed by atoms with Gasteiger partial charge in [0.1, 0.15) is 0 Å². The van der Waals surface area contributed by atoms with Gasteiger partial charge in [-0.2, -0.15) is 11.3 Å². The smallest absolute Gasteiger partial charge is 0.240 e. The summed E-state index contributed by atoms with van der Waals surface area (Å²) in [5, 5.41) is 3.94. The van der Waals surface area contributed by atoms with E-state index in [4.69, 9.17) is 9.47 Å². The molecule has 34 heavy (non-hydrogen) atoms. The van der Waals surface area contributed by atoms with Crippen LogP contribution in [0, 0.1) is 0 Å². The summed E-state index contributed by atoms with van der Waals surface area (Å²) in [6.07, 6.45) is 2.40. The maximum absolute atomic E-state index is 13.2. The van der Waals surface area contributed by atoms with E-state index in [1.807, 2.05) is 39.9 Å². The lowest BCUT2D eigenvalue weighted by molar-refractivity contribution is -0.131. The molecule has 1 aromatic heterocycles. The van der Waals surface area contributed by atoms with E-state index in [0.29, 0.717) is 37.4 Å². The van der Waals surface area contributed by atoms with Gasteiger partial charge in [0.25, 0.3) is 0 Å². The van der Waals surface area contributed by atoms with Crippen LogP contribution in [-0.2, 0) is 34.2 Å². The normalized spacial score (nSPS) is 12.5. The van der Waals surface area contributed by atoms with Crippen LogP contribution in [0.1, 0.15) is 16.7 Å². The minimum Gasteiger partial charge on any atom is -0.454 e. The van der Waals surface area contributed by atoms with E-state index in [0.717, 1.165) is 16.7 Å². The molecule has 9 heteroatoms. The van der Waals surface area contributed by atoms with Gasteiger partial charge in [0.05, 0.1) is 11.3 Å². The number of hydrogen-bond donors (Lipinski definition) is 1. The molecule has 0 bridgehead atoms. The largest absolute Gasteiger partial charge is 0.454 e. The van der Waals surface area contributed by atoms with Crippen molar-refractivity contribution >= 4 is 27.3 Å². The molecule has 0 spiro atoms. The molecular weight excluding hydrogens is 472 g/mol. The molecule has 1 aliphatic heterocycles. The number of sulfonamides is 1. The molecule has 2 heterocycles. The van der Waals surface area contributed by atoms with Crippen LogP contribution in [0.25, 0.3) is 0 Å². The summed E-state index contributed by atoms with van der Waals surface area (Å²) >= 11 is 1.56. The zero-order chi connectivity index (χ0) is 24.0. The molecular formula is C25H26N2O5S2. The predicted octanol–water partition coefficient (Wildman–Crippen LogP) is 3.76. The van der Waals surface area contributed by atoms with Crippen molar-refractivity contribution in [1.82, 2.24) is 9.62 Å². The first kappa shape index (κ1) is 24.0. The van der Waals surface area contributed by atoms with Gasteiger partial charge in [-0.15, -0.1) is 6.58 Å². The Labute approximate surface area is 203 Å². The van der Waals surface area contributed by atoms with E-state index in [1.165, 1.54) is 6.08 Å². The Bertz CT molecular complexity index is 1240. The van der Waals surface area contributed by atoms with Gasteiger partial charge >= 0.3 is 0 Å². The Balaban J connectivity index is 1.48. The van der Waals surface area contributed by atoms with Gasteiger partial charge in [0.2, 0.25) is 22.7 Å². The van der Waals surface area contributed by atoms with Crippen LogP contribution in [0.4, 0.5) is 0 Å². The first-order valence-corrected chi connectivity index (χ1v) is 13.2. The van der Waals surface area contributed by atoms with Crippen LogP contribution >= 0.6 is 11.3 Å². The Morgan fingerprint density at radius 3 is 2.68 bits per heavy atom. The number of carbonyl (C=O) groups excluding carboxylic acids is 1. The van der Waals surface area contributed by atoms with E-state index >= 15 is 0 Å². The van der Waals surface area contributed by atoms with Gasteiger partial charge in [0.15, 0.2) is 11.5 Å². The summed E-state index contributed by atoms with van der Waals surface area (Å²) in [5.74, 6) is 1.38. The zero-order valence-corrected chi connectivity index (χ0v) is 20.2. The number of nitrogens with one attached hydrogen (secondary N) is 1. The fraction of sp³-hybridized carbons (Fsp3) is 0.240. The molecule has 0 saturated heterocycles. The molecule has 1 N–H and O–H groups in total. The summed E-state index contributed by atoms with van der Waals surface area (Å²) in [4.78, 5) is 15.2. The zero-order valence-electron chi connectivity index (χ0n) is 18.6. The lowest BCUT2D eigenvalue weighted by Crippen LogP contribution is -2.33. The lowest BCUT2D eigenvalue weighted by atomic mass is 10.1. The third-order valence-electron chi connectivity index (χ3n) is 5.45. The van der Waals surface area contributed by atoms with Crippen molar-refractivity contribution in [3.05, 3.63) is 88.6 Å². The monoisotopic (exact) mass is 498 g/mol. The molecule has 0 saturated carbocycles. The molecule has 0 unspecified atom stereocenters. The Morgan fingerprint density at radius 2 is 1.94 bits per heavy atom. The summed E-state index contributed by atoms with van der Waals surface area (Å²) in [7, 11) is -3.57. The average molecular weight is 499 g/mol. The highest BCUT2D eigenvalue weighted by Gasteiger charge is 2.22. The number of nitrogens with zero attached hydrogens (tertiary/aromatic N) is 1. The fourth-order valence-electron chi connectivity index (χ4n) is 3.64. The lowest BCUT2D eigenvalue weighted by Gasteiger charge is -2.23. The number of fused-ring (bicyclic) bond motifs is 1.